The molecule has 1 N–H and O–H groups in total. The second-order valence-corrected chi connectivity index (χ2v) is 9.43. The second-order valence-electron chi connectivity index (χ2n) is 7.57. The third-order valence-corrected chi connectivity index (χ3v) is 6.98. The third-order valence-electron chi connectivity index (χ3n) is 5.52. The smallest absolute Gasteiger partial charge is 0.230 e. The van der Waals surface area contributed by atoms with Gasteiger partial charge in [-0.15, -0.1) is 10.2 Å². The second kappa shape index (κ2) is 8.92. The molecule has 3 aromatic rings. The molecule has 4 rings (SSSR count). The molecule has 0 spiro atoms. The summed E-state index contributed by atoms with van der Waals surface area (Å²) >= 11 is 4.91. The lowest BCUT2D eigenvalue weighted by molar-refractivity contribution is -0.119. The number of benzene rings is 1. The highest BCUT2D eigenvalue weighted by Crippen LogP contribution is 2.31. The third kappa shape index (κ3) is 4.53. The van der Waals surface area contributed by atoms with Gasteiger partial charge in [0, 0.05) is 22.4 Å². The Balaban J connectivity index is 1.46. The number of rotatable bonds is 6. The number of carbonyl (C=O) groups is 1. The molecule has 1 aliphatic carbocycles. The number of fused-ring (bicyclic) bond motifs is 1. The number of nitrogens with zero attached hydrogens (tertiary/aromatic N) is 3. The zero-order valence-electron chi connectivity index (χ0n) is 16.7. The van der Waals surface area contributed by atoms with E-state index in [1.54, 1.807) is 0 Å². The molecule has 0 aliphatic heterocycles. The summed E-state index contributed by atoms with van der Waals surface area (Å²) in [6.45, 7) is 4.97. The van der Waals surface area contributed by atoms with Gasteiger partial charge in [-0.1, -0.05) is 47.5 Å². The van der Waals surface area contributed by atoms with E-state index in [2.05, 4.69) is 38.4 Å². The molecule has 0 bridgehead atoms. The van der Waals surface area contributed by atoms with Crippen molar-refractivity contribution < 1.29 is 9.21 Å². The number of furan rings is 1. The summed E-state index contributed by atoms with van der Waals surface area (Å²) in [5.74, 6) is 2.32. The molecular formula is C21H25BrN4O2S. The molecule has 1 saturated carbocycles. The predicted octanol–water partition coefficient (Wildman–Crippen LogP) is 5.26. The maximum atomic E-state index is 12.4. The van der Waals surface area contributed by atoms with Crippen LogP contribution in [0.5, 0.6) is 0 Å². The van der Waals surface area contributed by atoms with Crippen LogP contribution in [0.4, 0.5) is 0 Å². The number of halogens is 1. The highest BCUT2D eigenvalue weighted by Gasteiger charge is 2.23. The molecule has 2 heterocycles. The zero-order valence-corrected chi connectivity index (χ0v) is 19.1. The van der Waals surface area contributed by atoms with Crippen molar-refractivity contribution in [3.8, 4) is 11.6 Å². The quantitative estimate of drug-likeness (QED) is 0.491. The topological polar surface area (TPSA) is 73.0 Å². The van der Waals surface area contributed by atoms with Crippen LogP contribution in [-0.4, -0.2) is 32.5 Å². The highest BCUT2D eigenvalue weighted by molar-refractivity contribution is 9.10. The Kier molecular flexibility index (Phi) is 6.29. The van der Waals surface area contributed by atoms with Gasteiger partial charge in [0.1, 0.15) is 5.58 Å². The summed E-state index contributed by atoms with van der Waals surface area (Å²) in [5.41, 5.74) is 0.809. The molecule has 1 fully saturated rings. The Labute approximate surface area is 183 Å². The first-order chi connectivity index (χ1) is 14.0. The fourth-order valence-electron chi connectivity index (χ4n) is 3.90. The number of aromatic nitrogens is 3. The maximum absolute atomic E-state index is 12.4. The van der Waals surface area contributed by atoms with Gasteiger partial charge in [-0.2, -0.15) is 0 Å². The van der Waals surface area contributed by atoms with E-state index >= 15 is 0 Å². The van der Waals surface area contributed by atoms with Crippen LogP contribution >= 0.6 is 27.7 Å². The van der Waals surface area contributed by atoms with Crippen LogP contribution in [-0.2, 0) is 11.3 Å². The Morgan fingerprint density at radius 2 is 2.14 bits per heavy atom. The Bertz CT molecular complexity index is 1020. The Morgan fingerprint density at radius 1 is 1.31 bits per heavy atom. The molecule has 1 amide bonds. The van der Waals surface area contributed by atoms with Crippen molar-refractivity contribution in [3.63, 3.8) is 0 Å². The van der Waals surface area contributed by atoms with E-state index < -0.39 is 0 Å². The van der Waals surface area contributed by atoms with E-state index in [4.69, 9.17) is 4.42 Å². The van der Waals surface area contributed by atoms with Crippen LogP contribution in [0.2, 0.25) is 0 Å². The molecule has 2 atom stereocenters. The van der Waals surface area contributed by atoms with E-state index in [-0.39, 0.29) is 5.91 Å². The van der Waals surface area contributed by atoms with Crippen LogP contribution < -0.4 is 5.32 Å². The molecule has 1 aromatic carbocycles. The van der Waals surface area contributed by atoms with Gasteiger partial charge >= 0.3 is 0 Å². The van der Waals surface area contributed by atoms with Crippen LogP contribution in [0.1, 0.15) is 39.5 Å². The largest absolute Gasteiger partial charge is 0.453 e. The average Bonchev–Trinajstić information content (AvgIpc) is 3.31. The number of hydrogen-bond acceptors (Lipinski definition) is 5. The van der Waals surface area contributed by atoms with Crippen LogP contribution in [0.25, 0.3) is 22.6 Å². The first-order valence-corrected chi connectivity index (χ1v) is 11.9. The van der Waals surface area contributed by atoms with E-state index in [0.717, 1.165) is 27.0 Å². The summed E-state index contributed by atoms with van der Waals surface area (Å²) in [6.07, 6.45) is 4.74. The van der Waals surface area contributed by atoms with Crippen molar-refractivity contribution in [2.45, 2.75) is 57.3 Å². The summed E-state index contributed by atoms with van der Waals surface area (Å²) < 4.78 is 8.97. The minimum atomic E-state index is 0.0644. The maximum Gasteiger partial charge on any atom is 0.230 e. The highest BCUT2D eigenvalue weighted by atomic mass is 79.9. The lowest BCUT2D eigenvalue weighted by Crippen LogP contribution is -2.41. The van der Waals surface area contributed by atoms with Crippen LogP contribution in [0.15, 0.2) is 38.3 Å². The summed E-state index contributed by atoms with van der Waals surface area (Å²) in [5, 5.41) is 13.6. The van der Waals surface area contributed by atoms with Gasteiger partial charge < -0.3 is 9.73 Å². The van der Waals surface area contributed by atoms with E-state index in [1.807, 2.05) is 35.8 Å². The Hall–Kier alpha value is -1.80. The van der Waals surface area contributed by atoms with Gasteiger partial charge in [0.25, 0.3) is 0 Å². The monoisotopic (exact) mass is 476 g/mol. The summed E-state index contributed by atoms with van der Waals surface area (Å²) in [4.78, 5) is 12.4. The fourth-order valence-corrected chi connectivity index (χ4v) is 5.09. The molecule has 0 saturated heterocycles. The summed E-state index contributed by atoms with van der Waals surface area (Å²) in [6, 6.07) is 8.17. The van der Waals surface area contributed by atoms with Crippen molar-refractivity contribution in [1.82, 2.24) is 20.1 Å². The first-order valence-electron chi connectivity index (χ1n) is 10.1. The van der Waals surface area contributed by atoms with Gasteiger partial charge in [-0.3, -0.25) is 9.36 Å². The van der Waals surface area contributed by atoms with Crippen LogP contribution in [0, 0.1) is 5.92 Å². The molecule has 1 aliphatic rings. The standard InChI is InChI=1S/C21H25BrN4O2S/c1-3-26-20(18-11-14-10-15(22)8-9-17(14)28-18)24-25-21(26)29-12-19(27)23-16-7-5-4-6-13(16)2/h8-11,13,16H,3-7,12H2,1-2H3,(H,23,27)/t13-,16+/m1/s1. The van der Waals surface area contributed by atoms with Gasteiger partial charge in [-0.25, -0.2) is 0 Å². The van der Waals surface area contributed by atoms with Crippen molar-refractivity contribution in [1.29, 1.82) is 0 Å². The van der Waals surface area contributed by atoms with Gasteiger partial charge in [0.05, 0.1) is 5.75 Å². The molecule has 0 radical (unpaired) electrons. The van der Waals surface area contributed by atoms with Crippen molar-refractivity contribution in [3.05, 3.63) is 28.7 Å². The number of hydrogen-bond donors (Lipinski definition) is 1. The zero-order chi connectivity index (χ0) is 20.4. The number of thioether (sulfide) groups is 1. The fraction of sp³-hybridized carbons (Fsp3) is 0.476. The van der Waals surface area contributed by atoms with Crippen LogP contribution in [0.3, 0.4) is 0 Å². The van der Waals surface area contributed by atoms with E-state index in [9.17, 15) is 4.79 Å². The molecule has 2 aromatic heterocycles. The molecule has 6 nitrogen and oxygen atoms in total. The summed E-state index contributed by atoms with van der Waals surface area (Å²) in [7, 11) is 0. The van der Waals surface area contributed by atoms with Crippen molar-refractivity contribution >= 4 is 44.6 Å². The minimum absolute atomic E-state index is 0.0644. The number of nitrogens with one attached hydrogen (secondary N) is 1. The van der Waals surface area contributed by atoms with E-state index in [1.165, 1.54) is 31.0 Å². The van der Waals surface area contributed by atoms with E-state index in [0.29, 0.717) is 35.8 Å². The Morgan fingerprint density at radius 3 is 2.93 bits per heavy atom. The SMILES string of the molecule is CCn1c(SCC(=O)N[C@H]2CCCC[C@H]2C)nnc1-c1cc2cc(Br)ccc2o1. The number of amides is 1. The minimum Gasteiger partial charge on any atom is -0.453 e. The number of carbonyl (C=O) groups excluding carboxylic acids is 1. The molecule has 8 heteroatoms. The lowest BCUT2D eigenvalue weighted by Gasteiger charge is -2.29. The molecule has 0 unspecified atom stereocenters. The van der Waals surface area contributed by atoms with Crippen molar-refractivity contribution in [2.75, 3.05) is 5.75 Å². The predicted molar refractivity (Wildman–Crippen MR) is 119 cm³/mol. The van der Waals surface area contributed by atoms with Gasteiger partial charge in [-0.05, 0) is 49.9 Å². The average molecular weight is 477 g/mol. The first kappa shape index (κ1) is 20.5. The molecular weight excluding hydrogens is 452 g/mol. The lowest BCUT2D eigenvalue weighted by atomic mass is 9.86. The van der Waals surface area contributed by atoms with Gasteiger partial charge in [0.15, 0.2) is 10.9 Å². The van der Waals surface area contributed by atoms with Crippen molar-refractivity contribution in [2.24, 2.45) is 5.92 Å². The normalized spacial score (nSPS) is 19.6. The molecule has 29 heavy (non-hydrogen) atoms. The molecule has 154 valence electrons. The van der Waals surface area contributed by atoms with Gasteiger partial charge in [0.2, 0.25) is 11.7 Å².